The van der Waals surface area contributed by atoms with Gasteiger partial charge in [-0.3, -0.25) is 4.90 Å². The lowest BCUT2D eigenvalue weighted by molar-refractivity contribution is -0.145. The molecule has 4 rings (SSSR count). The Bertz CT molecular complexity index is 967. The summed E-state index contributed by atoms with van der Waals surface area (Å²) in [6, 6.07) is 10.3. The van der Waals surface area contributed by atoms with Crippen molar-refractivity contribution >= 4 is 11.7 Å². The van der Waals surface area contributed by atoms with Crippen LogP contribution >= 0.6 is 0 Å². The molecule has 0 radical (unpaired) electrons. The molecule has 2 fully saturated rings. The van der Waals surface area contributed by atoms with E-state index in [2.05, 4.69) is 44.5 Å². The number of urea groups is 1. The highest BCUT2D eigenvalue weighted by molar-refractivity contribution is 5.75. The van der Waals surface area contributed by atoms with Crippen LogP contribution in [0.15, 0.2) is 42.7 Å². The number of rotatable bonds is 6. The number of likely N-dealkylation sites (tertiary alicyclic amines) is 1. The van der Waals surface area contributed by atoms with Gasteiger partial charge in [0.15, 0.2) is 0 Å². The molecule has 36 heavy (non-hydrogen) atoms. The Morgan fingerprint density at radius 1 is 1.03 bits per heavy atom. The van der Waals surface area contributed by atoms with Crippen molar-refractivity contribution in [2.24, 2.45) is 5.92 Å². The fourth-order valence-corrected chi connectivity index (χ4v) is 5.31. The predicted molar refractivity (Wildman–Crippen MR) is 132 cm³/mol. The molecule has 10 heteroatoms. The number of nitrogens with one attached hydrogen (secondary N) is 1. The summed E-state index contributed by atoms with van der Waals surface area (Å²) >= 11 is 0. The Hall–Kier alpha value is -2.88. The van der Waals surface area contributed by atoms with Gasteiger partial charge in [0.05, 0.1) is 18.1 Å². The van der Waals surface area contributed by atoms with Gasteiger partial charge in [-0.2, -0.15) is 13.2 Å². The number of piperazine rings is 1. The Labute approximate surface area is 210 Å². The second-order valence-corrected chi connectivity index (χ2v) is 10.00. The van der Waals surface area contributed by atoms with Crippen molar-refractivity contribution in [2.75, 3.05) is 37.6 Å². The van der Waals surface area contributed by atoms with Crippen molar-refractivity contribution < 1.29 is 18.0 Å². The average Bonchev–Trinajstić information content (AvgIpc) is 2.85. The standard InChI is InChI=1S/C26H35F3N6O/c1-19-16-34(23-14-31-24(32-15-23)26(27,28)29)17-20(2)35(19)25(36)30-11-8-21-9-12-33(13-10-21)18-22-6-4-3-5-7-22/h3-7,14-15,19-21H,8-13,16-18H2,1-2H3,(H,30,36)/t19-,20-/m1/s1. The number of carbonyl (C=O) groups excluding carboxylic acids is 1. The molecule has 2 aromatic rings. The molecule has 1 aromatic carbocycles. The van der Waals surface area contributed by atoms with Crippen LogP contribution in [0.2, 0.25) is 0 Å². The third-order valence-electron chi connectivity index (χ3n) is 7.20. The number of amides is 2. The van der Waals surface area contributed by atoms with E-state index in [1.54, 1.807) is 0 Å². The quantitative estimate of drug-likeness (QED) is 0.632. The summed E-state index contributed by atoms with van der Waals surface area (Å²) in [5.74, 6) is -0.532. The number of nitrogens with zero attached hydrogens (tertiary/aromatic N) is 5. The van der Waals surface area contributed by atoms with E-state index in [1.165, 1.54) is 18.0 Å². The lowest BCUT2D eigenvalue weighted by atomic mass is 9.93. The first-order valence-electron chi connectivity index (χ1n) is 12.7. The first kappa shape index (κ1) is 26.2. The van der Waals surface area contributed by atoms with Gasteiger partial charge in [0.2, 0.25) is 5.82 Å². The van der Waals surface area contributed by atoms with Crippen LogP contribution in [0.5, 0.6) is 0 Å². The number of piperidine rings is 1. The molecule has 0 unspecified atom stereocenters. The minimum atomic E-state index is -4.56. The molecular formula is C26H35F3N6O. The number of alkyl halides is 3. The molecule has 0 aliphatic carbocycles. The van der Waals surface area contributed by atoms with Gasteiger partial charge in [0.1, 0.15) is 0 Å². The van der Waals surface area contributed by atoms with Crippen molar-refractivity contribution in [3.63, 3.8) is 0 Å². The van der Waals surface area contributed by atoms with Crippen LogP contribution < -0.4 is 10.2 Å². The minimum Gasteiger partial charge on any atom is -0.365 e. The van der Waals surface area contributed by atoms with E-state index < -0.39 is 12.0 Å². The zero-order valence-corrected chi connectivity index (χ0v) is 20.9. The third-order valence-corrected chi connectivity index (χ3v) is 7.20. The molecule has 196 valence electrons. The van der Waals surface area contributed by atoms with E-state index in [0.717, 1.165) is 38.9 Å². The first-order chi connectivity index (χ1) is 17.2. The molecule has 2 saturated heterocycles. The number of carbonyl (C=O) groups is 1. The molecule has 0 bridgehead atoms. The van der Waals surface area contributed by atoms with Gasteiger partial charge in [-0.15, -0.1) is 0 Å². The second-order valence-electron chi connectivity index (χ2n) is 10.00. The van der Waals surface area contributed by atoms with E-state index in [0.29, 0.717) is 31.2 Å². The molecule has 2 aliphatic rings. The van der Waals surface area contributed by atoms with Crippen LogP contribution in [0.3, 0.4) is 0 Å². The molecular weight excluding hydrogens is 469 g/mol. The normalized spacial score (nSPS) is 22.0. The van der Waals surface area contributed by atoms with E-state index in [4.69, 9.17) is 0 Å². The maximum absolute atomic E-state index is 13.0. The van der Waals surface area contributed by atoms with E-state index in [9.17, 15) is 18.0 Å². The predicted octanol–water partition coefficient (Wildman–Crippen LogP) is 4.41. The Balaban J connectivity index is 1.20. The summed E-state index contributed by atoms with van der Waals surface area (Å²) in [5.41, 5.74) is 1.87. The Kier molecular flexibility index (Phi) is 8.33. The number of aromatic nitrogens is 2. The zero-order valence-electron chi connectivity index (χ0n) is 20.9. The number of anilines is 1. The lowest BCUT2D eigenvalue weighted by Gasteiger charge is -2.45. The van der Waals surface area contributed by atoms with Gasteiger partial charge in [-0.25, -0.2) is 14.8 Å². The van der Waals surface area contributed by atoms with Gasteiger partial charge in [-0.05, 0) is 57.7 Å². The summed E-state index contributed by atoms with van der Waals surface area (Å²) in [6.45, 7) is 8.72. The van der Waals surface area contributed by atoms with E-state index in [-0.39, 0.29) is 18.1 Å². The number of hydrogen-bond acceptors (Lipinski definition) is 5. The van der Waals surface area contributed by atoms with Crippen LogP contribution in [0.4, 0.5) is 23.7 Å². The molecule has 2 aliphatic heterocycles. The van der Waals surface area contributed by atoms with Crippen LogP contribution in [-0.2, 0) is 12.7 Å². The van der Waals surface area contributed by atoms with Crippen molar-refractivity contribution in [3.05, 3.63) is 54.1 Å². The van der Waals surface area contributed by atoms with Crippen LogP contribution in [-0.4, -0.2) is 70.6 Å². The van der Waals surface area contributed by atoms with Crippen molar-refractivity contribution in [3.8, 4) is 0 Å². The second kappa shape index (κ2) is 11.5. The highest BCUT2D eigenvalue weighted by Gasteiger charge is 2.36. The lowest BCUT2D eigenvalue weighted by Crippen LogP contribution is -2.61. The molecule has 0 spiro atoms. The van der Waals surface area contributed by atoms with Gasteiger partial charge in [0.25, 0.3) is 0 Å². The largest absolute Gasteiger partial charge is 0.451 e. The highest BCUT2D eigenvalue weighted by atomic mass is 19.4. The summed E-state index contributed by atoms with van der Waals surface area (Å²) in [6.07, 6.45) is 1.10. The summed E-state index contributed by atoms with van der Waals surface area (Å²) in [5, 5.41) is 3.10. The summed E-state index contributed by atoms with van der Waals surface area (Å²) < 4.78 is 38.3. The Morgan fingerprint density at radius 3 is 2.22 bits per heavy atom. The first-order valence-corrected chi connectivity index (χ1v) is 12.7. The SMILES string of the molecule is C[C@@H]1CN(c2cnc(C(F)(F)F)nc2)C[C@@H](C)N1C(=O)NCCC1CCN(Cc2ccccc2)CC1. The topological polar surface area (TPSA) is 64.6 Å². The zero-order chi connectivity index (χ0) is 25.7. The van der Waals surface area contributed by atoms with Crippen molar-refractivity contribution in [1.82, 2.24) is 25.1 Å². The smallest absolute Gasteiger partial charge is 0.365 e. The highest BCUT2D eigenvalue weighted by Crippen LogP contribution is 2.28. The number of halogens is 3. The number of hydrogen-bond donors (Lipinski definition) is 1. The summed E-state index contributed by atoms with van der Waals surface area (Å²) in [4.78, 5) is 26.1. The molecule has 1 N–H and O–H groups in total. The van der Waals surface area contributed by atoms with Crippen molar-refractivity contribution in [2.45, 2.75) is 57.9 Å². The van der Waals surface area contributed by atoms with Gasteiger partial charge < -0.3 is 15.1 Å². The minimum absolute atomic E-state index is 0.0835. The molecule has 7 nitrogen and oxygen atoms in total. The monoisotopic (exact) mass is 504 g/mol. The fraction of sp³-hybridized carbons (Fsp3) is 0.577. The van der Waals surface area contributed by atoms with Crippen LogP contribution in [0.1, 0.15) is 44.5 Å². The third kappa shape index (κ3) is 6.66. The van der Waals surface area contributed by atoms with Crippen LogP contribution in [0, 0.1) is 5.92 Å². The van der Waals surface area contributed by atoms with Gasteiger partial charge in [-0.1, -0.05) is 30.3 Å². The van der Waals surface area contributed by atoms with E-state index >= 15 is 0 Å². The average molecular weight is 505 g/mol. The maximum atomic E-state index is 13.0. The molecule has 3 heterocycles. The van der Waals surface area contributed by atoms with Crippen molar-refractivity contribution in [1.29, 1.82) is 0 Å². The maximum Gasteiger partial charge on any atom is 0.451 e. The molecule has 2 atom stereocenters. The van der Waals surface area contributed by atoms with Crippen LogP contribution in [0.25, 0.3) is 0 Å². The Morgan fingerprint density at radius 2 is 1.64 bits per heavy atom. The molecule has 1 aromatic heterocycles. The summed E-state index contributed by atoms with van der Waals surface area (Å²) in [7, 11) is 0. The van der Waals surface area contributed by atoms with Gasteiger partial charge >= 0.3 is 12.2 Å². The van der Waals surface area contributed by atoms with E-state index in [1.807, 2.05) is 29.7 Å². The molecule has 2 amide bonds. The number of benzene rings is 1. The fourth-order valence-electron chi connectivity index (χ4n) is 5.31. The molecule has 0 saturated carbocycles. The van der Waals surface area contributed by atoms with Gasteiger partial charge in [0, 0.05) is 38.3 Å².